The maximum atomic E-state index is 6.02. The van der Waals surface area contributed by atoms with Crippen LogP contribution in [0, 0.1) is 5.92 Å². The Kier molecular flexibility index (Phi) is 3.36. The number of hydrogen-bond donors (Lipinski definition) is 1. The lowest BCUT2D eigenvalue weighted by molar-refractivity contribution is 0.0889. The van der Waals surface area contributed by atoms with Crippen LogP contribution < -0.4 is 5.73 Å². The molecule has 1 saturated carbocycles. The van der Waals surface area contributed by atoms with Gasteiger partial charge in [0.05, 0.1) is 12.5 Å². The van der Waals surface area contributed by atoms with E-state index in [1.54, 1.807) is 6.26 Å². The topological polar surface area (TPSA) is 42.4 Å². The molecule has 1 atom stereocenters. The predicted octanol–water partition coefficient (Wildman–Crippen LogP) is 2.23. The van der Waals surface area contributed by atoms with Gasteiger partial charge in [0.15, 0.2) is 0 Å². The first-order valence-electron chi connectivity index (χ1n) is 6.15. The van der Waals surface area contributed by atoms with Gasteiger partial charge in [-0.3, -0.25) is 4.90 Å². The highest BCUT2D eigenvalue weighted by atomic mass is 16.3. The van der Waals surface area contributed by atoms with Gasteiger partial charge >= 0.3 is 0 Å². The van der Waals surface area contributed by atoms with Gasteiger partial charge in [0.2, 0.25) is 0 Å². The maximum Gasteiger partial charge on any atom is 0.0947 e. The molecule has 2 rings (SSSR count). The first-order valence-corrected chi connectivity index (χ1v) is 6.15. The monoisotopic (exact) mass is 222 g/mol. The lowest BCUT2D eigenvalue weighted by Gasteiger charge is -2.41. The summed E-state index contributed by atoms with van der Waals surface area (Å²) in [5, 5.41) is 0. The zero-order valence-corrected chi connectivity index (χ0v) is 10.3. The first kappa shape index (κ1) is 11.7. The minimum atomic E-state index is 0.192. The number of hydrogen-bond acceptors (Lipinski definition) is 3. The van der Waals surface area contributed by atoms with E-state index in [-0.39, 0.29) is 5.54 Å². The van der Waals surface area contributed by atoms with E-state index in [1.165, 1.54) is 18.4 Å². The minimum absolute atomic E-state index is 0.192. The van der Waals surface area contributed by atoms with E-state index in [0.717, 1.165) is 25.4 Å². The molecule has 1 aliphatic rings. The van der Waals surface area contributed by atoms with Crippen molar-refractivity contribution in [2.75, 3.05) is 13.6 Å². The Morgan fingerprint density at radius 2 is 2.31 bits per heavy atom. The molecule has 1 fully saturated rings. The average molecular weight is 222 g/mol. The van der Waals surface area contributed by atoms with Gasteiger partial charge in [0, 0.05) is 24.2 Å². The highest BCUT2D eigenvalue weighted by Crippen LogP contribution is 2.44. The van der Waals surface area contributed by atoms with Gasteiger partial charge in [-0.15, -0.1) is 0 Å². The number of rotatable bonds is 6. The van der Waals surface area contributed by atoms with Crippen LogP contribution in [0.3, 0.4) is 0 Å². The molecular weight excluding hydrogens is 200 g/mol. The molecule has 0 bridgehead atoms. The molecule has 1 aromatic heterocycles. The van der Waals surface area contributed by atoms with E-state index in [2.05, 4.69) is 18.9 Å². The number of nitrogens with zero attached hydrogens (tertiary/aromatic N) is 1. The SMILES string of the molecule is CCC(CN)(C1CC1)N(C)Cc1ccoc1. The van der Waals surface area contributed by atoms with Gasteiger partial charge in [-0.25, -0.2) is 0 Å². The summed E-state index contributed by atoms with van der Waals surface area (Å²) >= 11 is 0. The Labute approximate surface area is 97.6 Å². The molecule has 1 aromatic rings. The Balaban J connectivity index is 2.07. The Morgan fingerprint density at radius 3 is 2.75 bits per heavy atom. The summed E-state index contributed by atoms with van der Waals surface area (Å²) in [6.45, 7) is 3.93. The van der Waals surface area contributed by atoms with Crippen LogP contribution in [0.4, 0.5) is 0 Å². The van der Waals surface area contributed by atoms with Crippen LogP contribution in [0.5, 0.6) is 0 Å². The van der Waals surface area contributed by atoms with Gasteiger partial charge in [0.25, 0.3) is 0 Å². The van der Waals surface area contributed by atoms with Crippen molar-refractivity contribution in [3.05, 3.63) is 24.2 Å². The van der Waals surface area contributed by atoms with Gasteiger partial charge in [0.1, 0.15) is 0 Å². The third kappa shape index (κ3) is 2.02. The molecule has 90 valence electrons. The minimum Gasteiger partial charge on any atom is -0.472 e. The summed E-state index contributed by atoms with van der Waals surface area (Å²) in [6.07, 6.45) is 7.35. The summed E-state index contributed by atoms with van der Waals surface area (Å²) < 4.78 is 5.11. The predicted molar refractivity (Wildman–Crippen MR) is 65.0 cm³/mol. The third-order valence-corrected chi connectivity index (χ3v) is 4.06. The summed E-state index contributed by atoms with van der Waals surface area (Å²) in [6, 6.07) is 2.03. The molecule has 0 radical (unpaired) electrons. The normalized spacial score (nSPS) is 20.0. The van der Waals surface area contributed by atoms with Crippen molar-refractivity contribution in [2.45, 2.75) is 38.3 Å². The van der Waals surface area contributed by atoms with Crippen molar-refractivity contribution in [1.29, 1.82) is 0 Å². The van der Waals surface area contributed by atoms with Gasteiger partial charge in [-0.1, -0.05) is 6.92 Å². The van der Waals surface area contributed by atoms with Gasteiger partial charge < -0.3 is 10.2 Å². The zero-order chi connectivity index (χ0) is 11.6. The van der Waals surface area contributed by atoms with Gasteiger partial charge in [-0.2, -0.15) is 0 Å². The molecule has 0 amide bonds. The molecular formula is C13H22N2O. The third-order valence-electron chi connectivity index (χ3n) is 4.06. The van der Waals surface area contributed by atoms with Crippen LogP contribution in [0.25, 0.3) is 0 Å². The molecule has 1 heterocycles. The second kappa shape index (κ2) is 4.60. The van der Waals surface area contributed by atoms with Crippen molar-refractivity contribution in [3.8, 4) is 0 Å². The molecule has 1 unspecified atom stereocenters. The molecule has 2 N–H and O–H groups in total. The van der Waals surface area contributed by atoms with Crippen molar-refractivity contribution in [3.63, 3.8) is 0 Å². The molecule has 0 aromatic carbocycles. The summed E-state index contributed by atoms with van der Waals surface area (Å²) in [5.41, 5.74) is 7.45. The lowest BCUT2D eigenvalue weighted by atomic mass is 9.88. The van der Waals surface area contributed by atoms with Crippen LogP contribution in [0.1, 0.15) is 31.7 Å². The van der Waals surface area contributed by atoms with E-state index < -0.39 is 0 Å². The Hall–Kier alpha value is -0.800. The van der Waals surface area contributed by atoms with Gasteiger partial charge in [-0.05, 0) is 38.3 Å². The molecule has 0 saturated heterocycles. The zero-order valence-electron chi connectivity index (χ0n) is 10.3. The molecule has 16 heavy (non-hydrogen) atoms. The summed E-state index contributed by atoms with van der Waals surface area (Å²) in [5.74, 6) is 0.791. The van der Waals surface area contributed by atoms with Crippen molar-refractivity contribution in [2.24, 2.45) is 11.7 Å². The first-order chi connectivity index (χ1) is 7.73. The van der Waals surface area contributed by atoms with Crippen LogP contribution in [0.15, 0.2) is 23.0 Å². The van der Waals surface area contributed by atoms with E-state index in [9.17, 15) is 0 Å². The second-order valence-corrected chi connectivity index (χ2v) is 4.92. The summed E-state index contributed by atoms with van der Waals surface area (Å²) in [7, 11) is 2.18. The molecule has 3 heteroatoms. The maximum absolute atomic E-state index is 6.02. The number of nitrogens with two attached hydrogens (primary N) is 1. The van der Waals surface area contributed by atoms with E-state index in [4.69, 9.17) is 10.2 Å². The molecule has 3 nitrogen and oxygen atoms in total. The highest BCUT2D eigenvalue weighted by Gasteiger charge is 2.45. The molecule has 0 spiro atoms. The van der Waals surface area contributed by atoms with Crippen molar-refractivity contribution in [1.82, 2.24) is 4.90 Å². The van der Waals surface area contributed by atoms with Crippen LogP contribution in [-0.4, -0.2) is 24.0 Å². The van der Waals surface area contributed by atoms with E-state index in [1.807, 2.05) is 12.3 Å². The standard InChI is InChI=1S/C13H22N2O/c1-3-13(10-14,12-4-5-12)15(2)8-11-6-7-16-9-11/h6-7,9,12H,3-5,8,10,14H2,1-2H3. The summed E-state index contributed by atoms with van der Waals surface area (Å²) in [4.78, 5) is 2.41. The van der Waals surface area contributed by atoms with Crippen LogP contribution in [0.2, 0.25) is 0 Å². The average Bonchev–Trinajstić information content (AvgIpc) is 3.01. The molecule has 0 aliphatic heterocycles. The Morgan fingerprint density at radius 1 is 1.56 bits per heavy atom. The smallest absolute Gasteiger partial charge is 0.0947 e. The van der Waals surface area contributed by atoms with Crippen LogP contribution >= 0.6 is 0 Å². The lowest BCUT2D eigenvalue weighted by Crippen LogP contribution is -2.53. The largest absolute Gasteiger partial charge is 0.472 e. The van der Waals surface area contributed by atoms with Crippen molar-refractivity contribution < 1.29 is 4.42 Å². The Bertz CT molecular complexity index is 313. The van der Waals surface area contributed by atoms with Crippen LogP contribution in [-0.2, 0) is 6.54 Å². The fourth-order valence-corrected chi connectivity index (χ4v) is 2.77. The quantitative estimate of drug-likeness (QED) is 0.802. The van der Waals surface area contributed by atoms with Crippen molar-refractivity contribution >= 4 is 0 Å². The highest BCUT2D eigenvalue weighted by molar-refractivity contribution is 5.08. The van der Waals surface area contributed by atoms with E-state index >= 15 is 0 Å². The number of likely N-dealkylation sites (N-methyl/N-ethyl adjacent to an activating group) is 1. The number of furan rings is 1. The fraction of sp³-hybridized carbons (Fsp3) is 0.692. The van der Waals surface area contributed by atoms with E-state index in [0.29, 0.717) is 0 Å². The second-order valence-electron chi connectivity index (χ2n) is 4.92. The fourth-order valence-electron chi connectivity index (χ4n) is 2.77. The molecule has 1 aliphatic carbocycles.